The summed E-state index contributed by atoms with van der Waals surface area (Å²) < 4.78 is 11.4. The molecule has 6 nitrogen and oxygen atoms in total. The summed E-state index contributed by atoms with van der Waals surface area (Å²) >= 11 is 0. The smallest absolute Gasteiger partial charge is 0.307 e. The fourth-order valence-electron chi connectivity index (χ4n) is 4.65. The normalized spacial score (nSPS) is 11.8. The number of hydrogen-bond donors (Lipinski definition) is 1. The van der Waals surface area contributed by atoms with E-state index in [2.05, 4.69) is 55.6 Å². The highest BCUT2D eigenvalue weighted by atomic mass is 16.5. The maximum Gasteiger partial charge on any atom is 0.307 e. The minimum atomic E-state index is -0.855. The van der Waals surface area contributed by atoms with Gasteiger partial charge < -0.3 is 14.8 Å². The minimum absolute atomic E-state index is 0.0544. The van der Waals surface area contributed by atoms with Crippen LogP contribution in [0.25, 0.3) is 0 Å². The van der Waals surface area contributed by atoms with Crippen LogP contribution in [0.4, 0.5) is 5.69 Å². The van der Waals surface area contributed by atoms with Crippen molar-refractivity contribution in [2.45, 2.75) is 58.0 Å². The number of Topliss-reactive ketones (excluding diaryl/α,β-unsaturated/α-hetero) is 1. The van der Waals surface area contributed by atoms with Crippen LogP contribution in [-0.2, 0) is 19.7 Å². The van der Waals surface area contributed by atoms with Crippen molar-refractivity contribution in [2.24, 2.45) is 0 Å². The third-order valence-electron chi connectivity index (χ3n) is 7.18. The lowest BCUT2D eigenvalue weighted by molar-refractivity contribution is -0.148. The number of rotatable bonds is 13. The number of benzene rings is 4. The van der Waals surface area contributed by atoms with Gasteiger partial charge >= 0.3 is 5.97 Å². The molecule has 0 saturated carbocycles. The van der Waals surface area contributed by atoms with Crippen LogP contribution in [-0.4, -0.2) is 23.8 Å². The van der Waals surface area contributed by atoms with E-state index in [-0.39, 0.29) is 29.9 Å². The molecular weight excluding hydrogens is 526 g/mol. The van der Waals surface area contributed by atoms with Gasteiger partial charge in [0.1, 0.15) is 11.5 Å². The fraction of sp³-hybridized carbons (Fsp3) is 0.250. The second-order valence-electron chi connectivity index (χ2n) is 10.7. The molecule has 4 aromatic rings. The Morgan fingerprint density at radius 1 is 0.714 bits per heavy atom. The van der Waals surface area contributed by atoms with Gasteiger partial charge in [0.15, 0.2) is 6.10 Å². The first-order valence-electron chi connectivity index (χ1n) is 14.3. The van der Waals surface area contributed by atoms with Crippen molar-refractivity contribution in [2.75, 3.05) is 5.32 Å². The third kappa shape index (κ3) is 8.16. The number of anilines is 1. The lowest BCUT2D eigenvalue weighted by Crippen LogP contribution is -2.28. The van der Waals surface area contributed by atoms with Gasteiger partial charge in [0, 0.05) is 23.1 Å². The lowest BCUT2D eigenvalue weighted by atomic mass is 9.78. The Morgan fingerprint density at radius 2 is 1.26 bits per heavy atom. The number of nitrogens with one attached hydrogen (secondary N) is 1. The predicted octanol–water partition coefficient (Wildman–Crippen LogP) is 8.12. The van der Waals surface area contributed by atoms with E-state index in [1.165, 1.54) is 11.1 Å². The second-order valence-corrected chi connectivity index (χ2v) is 10.7. The highest BCUT2D eigenvalue weighted by Crippen LogP contribution is 2.33. The predicted molar refractivity (Wildman–Crippen MR) is 165 cm³/mol. The number of ether oxygens (including phenoxy) is 2. The van der Waals surface area contributed by atoms with Gasteiger partial charge in [-0.25, -0.2) is 0 Å². The summed E-state index contributed by atoms with van der Waals surface area (Å²) in [5, 5.41) is 2.79. The average molecular weight is 564 g/mol. The van der Waals surface area contributed by atoms with Crippen molar-refractivity contribution < 1.29 is 23.9 Å². The van der Waals surface area contributed by atoms with Crippen LogP contribution in [0.5, 0.6) is 11.5 Å². The molecule has 0 aliphatic rings. The minimum Gasteiger partial charge on any atom is -0.457 e. The summed E-state index contributed by atoms with van der Waals surface area (Å²) in [4.78, 5) is 37.6. The lowest BCUT2D eigenvalue weighted by Gasteiger charge is -2.26. The van der Waals surface area contributed by atoms with E-state index in [0.717, 1.165) is 0 Å². The molecule has 0 aliphatic heterocycles. The number of ketones is 1. The van der Waals surface area contributed by atoms with E-state index in [4.69, 9.17) is 9.47 Å². The number of carbonyl (C=O) groups excluding carboxylic acids is 3. The summed E-state index contributed by atoms with van der Waals surface area (Å²) in [6.07, 6.45) is 0.0878. The molecule has 0 radical (unpaired) electrons. The molecular formula is C36H37NO5. The summed E-state index contributed by atoms with van der Waals surface area (Å²) in [5.74, 6) is 0.222. The molecule has 4 rings (SSSR count). The Morgan fingerprint density at radius 3 is 1.86 bits per heavy atom. The van der Waals surface area contributed by atoms with Gasteiger partial charge in [0.05, 0.1) is 6.42 Å². The van der Waals surface area contributed by atoms with E-state index in [1.807, 2.05) is 31.2 Å². The van der Waals surface area contributed by atoms with Crippen molar-refractivity contribution in [3.05, 3.63) is 126 Å². The monoisotopic (exact) mass is 563 g/mol. The summed E-state index contributed by atoms with van der Waals surface area (Å²) in [6, 6.07) is 34.2. The molecule has 42 heavy (non-hydrogen) atoms. The number of esters is 1. The summed E-state index contributed by atoms with van der Waals surface area (Å²) in [7, 11) is 0. The third-order valence-corrected chi connectivity index (χ3v) is 7.18. The Bertz CT molecular complexity index is 1460. The van der Waals surface area contributed by atoms with Gasteiger partial charge in [-0.1, -0.05) is 100.0 Å². The zero-order valence-electron chi connectivity index (χ0n) is 24.3. The summed E-state index contributed by atoms with van der Waals surface area (Å²) in [5.41, 5.74) is 3.38. The first-order chi connectivity index (χ1) is 20.3. The molecule has 216 valence electrons. The maximum absolute atomic E-state index is 12.7. The van der Waals surface area contributed by atoms with Crippen molar-refractivity contribution in [3.8, 4) is 11.5 Å². The molecule has 1 N–H and O–H groups in total. The largest absolute Gasteiger partial charge is 0.457 e. The van der Waals surface area contributed by atoms with Crippen molar-refractivity contribution in [3.63, 3.8) is 0 Å². The highest BCUT2D eigenvalue weighted by molar-refractivity contribution is 6.00. The van der Waals surface area contributed by atoms with Gasteiger partial charge in [0.25, 0.3) is 0 Å². The topological polar surface area (TPSA) is 81.7 Å². The van der Waals surface area contributed by atoms with E-state index >= 15 is 0 Å². The molecule has 0 aromatic heterocycles. The van der Waals surface area contributed by atoms with Gasteiger partial charge in [0.2, 0.25) is 11.7 Å². The van der Waals surface area contributed by atoms with Crippen LogP contribution in [0.15, 0.2) is 109 Å². The van der Waals surface area contributed by atoms with Gasteiger partial charge in [-0.05, 0) is 53.9 Å². The number of amides is 1. The molecule has 1 atom stereocenters. The van der Waals surface area contributed by atoms with E-state index < -0.39 is 12.1 Å². The van der Waals surface area contributed by atoms with Gasteiger partial charge in [-0.2, -0.15) is 0 Å². The fourth-order valence-corrected chi connectivity index (χ4v) is 4.65. The van der Waals surface area contributed by atoms with E-state index in [0.29, 0.717) is 35.6 Å². The second kappa shape index (κ2) is 14.3. The molecule has 0 fully saturated rings. The molecule has 1 amide bonds. The molecule has 0 heterocycles. The van der Waals surface area contributed by atoms with Crippen molar-refractivity contribution >= 4 is 23.3 Å². The zero-order chi connectivity index (χ0) is 30.0. The molecule has 1 unspecified atom stereocenters. The zero-order valence-corrected chi connectivity index (χ0v) is 24.3. The SMILES string of the molecule is CCCC(OC(=O)CCC(=O)Nc1ccc(Oc2ccc(C(C)(C)c3ccccc3)cc2)cc1)C(=O)c1ccccc1. The van der Waals surface area contributed by atoms with Gasteiger partial charge in [-0.3, -0.25) is 14.4 Å². The van der Waals surface area contributed by atoms with Crippen LogP contribution in [0.1, 0.15) is 67.9 Å². The molecule has 6 heteroatoms. The molecule has 4 aromatic carbocycles. The molecule has 0 aliphatic carbocycles. The van der Waals surface area contributed by atoms with Crippen LogP contribution >= 0.6 is 0 Å². The van der Waals surface area contributed by atoms with Gasteiger partial charge in [-0.15, -0.1) is 0 Å². The molecule has 0 spiro atoms. The average Bonchev–Trinajstić information content (AvgIpc) is 3.01. The van der Waals surface area contributed by atoms with Crippen molar-refractivity contribution in [1.82, 2.24) is 0 Å². The van der Waals surface area contributed by atoms with E-state index in [9.17, 15) is 14.4 Å². The maximum atomic E-state index is 12.7. The summed E-state index contributed by atoms with van der Waals surface area (Å²) in [6.45, 7) is 6.32. The Labute approximate surface area is 247 Å². The van der Waals surface area contributed by atoms with Crippen LogP contribution in [0.3, 0.4) is 0 Å². The van der Waals surface area contributed by atoms with Crippen LogP contribution in [0.2, 0.25) is 0 Å². The quantitative estimate of drug-likeness (QED) is 0.131. The first kappa shape index (κ1) is 30.3. The van der Waals surface area contributed by atoms with Crippen LogP contribution in [0, 0.1) is 0 Å². The van der Waals surface area contributed by atoms with Crippen molar-refractivity contribution in [1.29, 1.82) is 0 Å². The number of hydrogen-bond acceptors (Lipinski definition) is 5. The Hall–Kier alpha value is -4.71. The Balaban J connectivity index is 1.25. The molecule has 0 bridgehead atoms. The standard InChI is InChI=1S/C36H37NO5/c1-4-11-32(35(40)26-12-7-5-8-13-26)42-34(39)25-24-33(38)37-29-18-22-31(23-19-29)41-30-20-16-28(17-21-30)36(2,3)27-14-9-6-10-15-27/h5-10,12-23,32H,4,11,24-25H2,1-3H3,(H,37,38). The van der Waals surface area contributed by atoms with E-state index in [1.54, 1.807) is 48.5 Å². The molecule has 0 saturated heterocycles. The Kier molecular flexibility index (Phi) is 10.3. The highest BCUT2D eigenvalue weighted by Gasteiger charge is 2.24. The van der Waals surface area contributed by atoms with Crippen LogP contribution < -0.4 is 10.1 Å². The number of carbonyl (C=O) groups is 3. The first-order valence-corrected chi connectivity index (χ1v) is 14.3.